The first kappa shape index (κ1) is 3.84. The lowest BCUT2D eigenvalue weighted by Gasteiger charge is -1.37. The van der Waals surface area contributed by atoms with Gasteiger partial charge in [0.25, 0.3) is 0 Å². The van der Waals surface area contributed by atoms with Crippen molar-refractivity contribution in [3.63, 3.8) is 0 Å². The van der Waals surface area contributed by atoms with E-state index in [-0.39, 0.29) is 0 Å². The Kier molecular flexibility index (Phi) is 2.73. The molecule has 0 aromatic heterocycles. The van der Waals surface area contributed by atoms with Gasteiger partial charge in [-0.15, -0.1) is 0 Å². The quantitative estimate of drug-likeness (QED) is 0.378. The molecule has 3 heteroatoms. The van der Waals surface area contributed by atoms with Gasteiger partial charge in [-0.25, -0.2) is 5.26 Å². The molecular weight excluding hydrogens is 72.3 g/mol. The number of halogens is 1. The van der Waals surface area contributed by atoms with Crippen LogP contribution in [0, 0.1) is 11.2 Å². The number of hydrogen-bond acceptors (Lipinski definition) is 1. The molecule has 0 saturated carbocycles. The summed E-state index contributed by atoms with van der Waals surface area (Å²) < 4.78 is 0. The lowest BCUT2D eigenvalue weighted by atomic mass is 10.2. The van der Waals surface area contributed by atoms with Gasteiger partial charge in [0.1, 0.15) is 0 Å². The predicted octanol–water partition coefficient (Wildman–Crippen LogP) is 0.325. The van der Waals surface area contributed by atoms with E-state index in [0.29, 0.717) is 0 Å². The van der Waals surface area contributed by atoms with E-state index in [0.717, 1.165) is 6.69 Å². The Morgan fingerprint density at radius 3 is 2.25 bits per heavy atom. The first-order valence-corrected chi connectivity index (χ1v) is 1.17. The zero-order valence-corrected chi connectivity index (χ0v) is 2.66. The summed E-state index contributed by atoms with van der Waals surface area (Å²) in [5.74, 6) is 1.57. The van der Waals surface area contributed by atoms with Crippen molar-refractivity contribution in [3.05, 3.63) is 0 Å². The maximum Gasteiger partial charge on any atom is 0.373 e. The first-order valence-electron chi connectivity index (χ1n) is 0.730. The summed E-state index contributed by atoms with van der Waals surface area (Å²) in [7, 11) is 0. The van der Waals surface area contributed by atoms with Gasteiger partial charge in [0.05, 0.1) is 0 Å². The Bertz CT molecular complexity index is 37.8. The van der Waals surface area contributed by atoms with Crippen molar-refractivity contribution >= 4 is 18.2 Å². The van der Waals surface area contributed by atoms with Crippen LogP contribution in [0.2, 0.25) is 0 Å². The van der Waals surface area contributed by atoms with Crippen LogP contribution in [0.15, 0.2) is 0 Å². The lowest BCUT2D eigenvalue weighted by molar-refractivity contribution is 1.56. The van der Waals surface area contributed by atoms with E-state index in [1.807, 2.05) is 0 Å². The van der Waals surface area contributed by atoms with E-state index < -0.39 is 0 Å². The van der Waals surface area contributed by atoms with Crippen LogP contribution in [0.4, 0.5) is 0 Å². The molecule has 0 saturated heterocycles. The summed E-state index contributed by atoms with van der Waals surface area (Å²) in [5.41, 5.74) is 0. The molecule has 0 heterocycles. The highest BCUT2D eigenvalue weighted by molar-refractivity contribution is 6.98. The lowest BCUT2D eigenvalue weighted by Crippen LogP contribution is -1.56. The highest BCUT2D eigenvalue weighted by atomic mass is 35.5. The second-order valence-electron chi connectivity index (χ2n) is 0.238. The molecule has 0 spiro atoms. The molecule has 19 valence electrons. The summed E-state index contributed by atoms with van der Waals surface area (Å²) >= 11 is 4.70. The Balaban J connectivity index is 2.43. The molecule has 4 heavy (non-hydrogen) atoms. The van der Waals surface area contributed by atoms with Crippen molar-refractivity contribution in [2.24, 2.45) is 0 Å². The molecule has 0 fully saturated rings. The zero-order chi connectivity index (χ0) is 3.41. The van der Waals surface area contributed by atoms with Gasteiger partial charge in [-0.2, -0.15) is 11.5 Å². The van der Waals surface area contributed by atoms with Crippen molar-refractivity contribution in [3.8, 4) is 5.97 Å². The number of nitriles is 1. The average Bonchev–Trinajstić information content (AvgIpc) is 1.37. The third-order valence-corrected chi connectivity index (χ3v) is 0.146. The van der Waals surface area contributed by atoms with Crippen LogP contribution in [0.1, 0.15) is 0 Å². The standard InChI is InChI=1S/CBClN/c3-2-1-4. The maximum absolute atomic E-state index is 7.44. The smallest absolute Gasteiger partial charge is 0.211 e. The minimum absolute atomic E-state index is 0.903. The van der Waals surface area contributed by atoms with Gasteiger partial charge in [0.2, 0.25) is 0 Å². The van der Waals surface area contributed by atoms with E-state index >= 15 is 0 Å². The van der Waals surface area contributed by atoms with E-state index in [2.05, 4.69) is 0 Å². The molecule has 1 nitrogen and oxygen atoms in total. The molecule has 0 atom stereocenters. The fourth-order valence-electron chi connectivity index (χ4n) is 0. The van der Waals surface area contributed by atoms with Gasteiger partial charge in [-0.1, -0.05) is 0 Å². The summed E-state index contributed by atoms with van der Waals surface area (Å²) in [5, 5.41) is 7.44. The number of nitrogens with zero attached hydrogens (tertiary/aromatic N) is 1. The summed E-state index contributed by atoms with van der Waals surface area (Å²) in [6.07, 6.45) is 0. The zero-order valence-electron chi connectivity index (χ0n) is 1.90. The largest absolute Gasteiger partial charge is 0.373 e. The minimum Gasteiger partial charge on any atom is -0.211 e. The van der Waals surface area contributed by atoms with E-state index in [4.69, 9.17) is 16.7 Å². The van der Waals surface area contributed by atoms with Gasteiger partial charge in [0, 0.05) is 5.97 Å². The number of rotatable bonds is 0. The molecule has 0 amide bonds. The van der Waals surface area contributed by atoms with Crippen LogP contribution in [0.5, 0.6) is 0 Å². The van der Waals surface area contributed by atoms with Gasteiger partial charge < -0.3 is 0 Å². The van der Waals surface area contributed by atoms with Crippen LogP contribution < -0.4 is 0 Å². The van der Waals surface area contributed by atoms with Crippen molar-refractivity contribution in [1.82, 2.24) is 0 Å². The Morgan fingerprint density at radius 2 is 2.25 bits per heavy atom. The Morgan fingerprint density at radius 1 is 2.00 bits per heavy atom. The molecule has 0 bridgehead atoms. The highest BCUT2D eigenvalue weighted by Crippen LogP contribution is 1.55. The number of hydrogen-bond donors (Lipinski definition) is 0. The van der Waals surface area contributed by atoms with E-state index in [1.54, 1.807) is 5.97 Å². The fraction of sp³-hybridized carbons (Fsp3) is 0. The van der Waals surface area contributed by atoms with Crippen LogP contribution >= 0.6 is 11.5 Å². The average molecular weight is 72.3 g/mol. The van der Waals surface area contributed by atoms with Gasteiger partial charge in [-0.05, 0) is 0 Å². The van der Waals surface area contributed by atoms with Crippen LogP contribution in [-0.2, 0) is 0 Å². The topological polar surface area (TPSA) is 23.8 Å². The van der Waals surface area contributed by atoms with Crippen molar-refractivity contribution < 1.29 is 0 Å². The molecule has 0 aliphatic carbocycles. The van der Waals surface area contributed by atoms with E-state index in [9.17, 15) is 0 Å². The molecule has 0 unspecified atom stereocenters. The van der Waals surface area contributed by atoms with Crippen LogP contribution in [0.25, 0.3) is 0 Å². The molecule has 0 rings (SSSR count). The molecule has 1 radical (unpaired) electrons. The third kappa shape index (κ3) is 1.84. The SMILES string of the molecule is N#C[B]Cl. The summed E-state index contributed by atoms with van der Waals surface area (Å²) in [6.45, 7) is 0.903. The predicted molar refractivity (Wildman–Crippen MR) is 17.2 cm³/mol. The molecule has 0 aliphatic heterocycles. The summed E-state index contributed by atoms with van der Waals surface area (Å²) in [4.78, 5) is 0. The van der Waals surface area contributed by atoms with Crippen molar-refractivity contribution in [1.29, 1.82) is 5.26 Å². The minimum atomic E-state index is 0.903. The third-order valence-electron chi connectivity index (χ3n) is 0.0488. The molecule has 0 aromatic rings. The van der Waals surface area contributed by atoms with Gasteiger partial charge >= 0.3 is 6.69 Å². The second-order valence-corrected chi connectivity index (χ2v) is 0.456. The van der Waals surface area contributed by atoms with Crippen LogP contribution in [-0.4, -0.2) is 6.69 Å². The van der Waals surface area contributed by atoms with Gasteiger partial charge in [0.15, 0.2) is 0 Å². The maximum atomic E-state index is 7.44. The monoisotopic (exact) mass is 72.0 g/mol. The summed E-state index contributed by atoms with van der Waals surface area (Å²) in [6, 6.07) is 0. The van der Waals surface area contributed by atoms with Crippen molar-refractivity contribution in [2.45, 2.75) is 0 Å². The Hall–Kier alpha value is -0.155. The Labute approximate surface area is 30.3 Å². The molecular formula is CBClN. The fourth-order valence-corrected chi connectivity index (χ4v) is 0. The first-order chi connectivity index (χ1) is 1.91. The molecule has 0 aromatic carbocycles. The molecule has 0 aliphatic rings. The molecule has 0 N–H and O–H groups in total. The van der Waals surface area contributed by atoms with E-state index in [1.165, 1.54) is 0 Å². The van der Waals surface area contributed by atoms with Gasteiger partial charge in [-0.3, -0.25) is 0 Å². The van der Waals surface area contributed by atoms with Crippen LogP contribution in [0.3, 0.4) is 0 Å². The normalized spacial score (nSPS) is 4.00. The second kappa shape index (κ2) is 2.84. The van der Waals surface area contributed by atoms with Crippen molar-refractivity contribution in [2.75, 3.05) is 0 Å². The highest BCUT2D eigenvalue weighted by Gasteiger charge is 1.63.